The second-order valence-electron chi connectivity index (χ2n) is 7.44. The van der Waals surface area contributed by atoms with E-state index in [4.69, 9.17) is 4.74 Å². The van der Waals surface area contributed by atoms with Crippen LogP contribution in [0.15, 0.2) is 0 Å². The van der Waals surface area contributed by atoms with Crippen LogP contribution in [0, 0.1) is 5.92 Å². The summed E-state index contributed by atoms with van der Waals surface area (Å²) in [6.07, 6.45) is 2.31. The predicted octanol–water partition coefficient (Wildman–Crippen LogP) is 2.48. The van der Waals surface area contributed by atoms with Crippen LogP contribution in [-0.2, 0) is 9.53 Å². The van der Waals surface area contributed by atoms with Crippen LogP contribution >= 0.6 is 0 Å². The molecule has 1 heterocycles. The smallest absolute Gasteiger partial charge is 0.410 e. The lowest BCUT2D eigenvalue weighted by Gasteiger charge is -2.33. The number of nitrogens with one attached hydrogen (secondary N) is 1. The fraction of sp³-hybridized carbons (Fsp3) is 0.889. The van der Waals surface area contributed by atoms with Gasteiger partial charge in [-0.15, -0.1) is 0 Å². The van der Waals surface area contributed by atoms with Gasteiger partial charge < -0.3 is 19.9 Å². The zero-order valence-corrected chi connectivity index (χ0v) is 16.1. The van der Waals surface area contributed by atoms with Gasteiger partial charge >= 0.3 is 6.09 Å². The number of hydrogen-bond donors (Lipinski definition) is 1. The molecule has 6 heteroatoms. The van der Waals surface area contributed by atoms with Crippen molar-refractivity contribution in [2.24, 2.45) is 5.92 Å². The molecule has 1 N–H and O–H groups in total. The maximum Gasteiger partial charge on any atom is 0.410 e. The molecule has 1 unspecified atom stereocenters. The Morgan fingerprint density at radius 1 is 1.25 bits per heavy atom. The van der Waals surface area contributed by atoms with E-state index >= 15 is 0 Å². The van der Waals surface area contributed by atoms with Crippen LogP contribution in [0.2, 0.25) is 0 Å². The van der Waals surface area contributed by atoms with Gasteiger partial charge in [0.15, 0.2) is 0 Å². The summed E-state index contributed by atoms with van der Waals surface area (Å²) in [5, 5.41) is 3.02. The molecule has 1 aliphatic rings. The Hall–Kier alpha value is -1.30. The van der Waals surface area contributed by atoms with Crippen molar-refractivity contribution in [2.75, 3.05) is 39.3 Å². The average Bonchev–Trinajstić information content (AvgIpc) is 2.53. The van der Waals surface area contributed by atoms with Gasteiger partial charge in [0.2, 0.25) is 5.91 Å². The molecule has 140 valence electrons. The fourth-order valence-corrected chi connectivity index (χ4v) is 2.88. The van der Waals surface area contributed by atoms with Crippen LogP contribution in [0.5, 0.6) is 0 Å². The standard InChI is InChI=1S/C18H35N3O3/c1-6-20(7-2)12-9-11-19-16(22)15-10-8-13-21(14-15)17(23)24-18(3,4)5/h15H,6-14H2,1-5H3,(H,19,22). The highest BCUT2D eigenvalue weighted by Crippen LogP contribution is 2.19. The van der Waals surface area contributed by atoms with E-state index in [1.54, 1.807) is 4.90 Å². The minimum Gasteiger partial charge on any atom is -0.444 e. The van der Waals surface area contributed by atoms with Crippen LogP contribution in [0.3, 0.4) is 0 Å². The molecular weight excluding hydrogens is 306 g/mol. The number of nitrogens with zero attached hydrogens (tertiary/aromatic N) is 2. The Bertz CT molecular complexity index is 403. The topological polar surface area (TPSA) is 61.9 Å². The second kappa shape index (κ2) is 9.87. The molecule has 0 saturated carbocycles. The summed E-state index contributed by atoms with van der Waals surface area (Å²) in [5.41, 5.74) is -0.503. The zero-order valence-electron chi connectivity index (χ0n) is 16.1. The Morgan fingerprint density at radius 3 is 2.50 bits per heavy atom. The Kier molecular flexibility index (Phi) is 8.53. The van der Waals surface area contributed by atoms with Gasteiger partial charge in [0.05, 0.1) is 5.92 Å². The third-order valence-electron chi connectivity index (χ3n) is 4.29. The van der Waals surface area contributed by atoms with Crippen LogP contribution in [-0.4, -0.2) is 66.7 Å². The van der Waals surface area contributed by atoms with E-state index in [0.717, 1.165) is 38.9 Å². The van der Waals surface area contributed by atoms with E-state index < -0.39 is 5.60 Å². The zero-order chi connectivity index (χ0) is 18.2. The molecule has 0 spiro atoms. The van der Waals surface area contributed by atoms with Crippen molar-refractivity contribution in [2.45, 2.75) is 59.5 Å². The Balaban J connectivity index is 2.35. The number of ether oxygens (including phenoxy) is 1. The van der Waals surface area contributed by atoms with Gasteiger partial charge in [-0.3, -0.25) is 4.79 Å². The maximum atomic E-state index is 12.3. The number of amides is 2. The van der Waals surface area contributed by atoms with Crippen molar-refractivity contribution in [1.82, 2.24) is 15.1 Å². The molecule has 0 aromatic rings. The predicted molar refractivity (Wildman–Crippen MR) is 95.9 cm³/mol. The summed E-state index contributed by atoms with van der Waals surface area (Å²) in [6, 6.07) is 0. The van der Waals surface area contributed by atoms with E-state index in [0.29, 0.717) is 19.6 Å². The van der Waals surface area contributed by atoms with Crippen molar-refractivity contribution in [3.8, 4) is 0 Å². The van der Waals surface area contributed by atoms with Gasteiger partial charge in [-0.1, -0.05) is 13.8 Å². The third-order valence-corrected chi connectivity index (χ3v) is 4.29. The number of carbonyl (C=O) groups excluding carboxylic acids is 2. The Labute approximate surface area is 146 Å². The van der Waals surface area contributed by atoms with Gasteiger partial charge in [-0.05, 0) is 59.7 Å². The molecular formula is C18H35N3O3. The average molecular weight is 341 g/mol. The van der Waals surface area contributed by atoms with E-state index in [2.05, 4.69) is 24.1 Å². The van der Waals surface area contributed by atoms with Crippen LogP contribution < -0.4 is 5.32 Å². The lowest BCUT2D eigenvalue weighted by Crippen LogP contribution is -2.47. The SMILES string of the molecule is CCN(CC)CCCNC(=O)C1CCCN(C(=O)OC(C)(C)C)C1. The van der Waals surface area contributed by atoms with Crippen molar-refractivity contribution in [3.63, 3.8) is 0 Å². The minimum absolute atomic E-state index is 0.0582. The number of carbonyl (C=O) groups is 2. The largest absolute Gasteiger partial charge is 0.444 e. The summed E-state index contributed by atoms with van der Waals surface area (Å²) >= 11 is 0. The lowest BCUT2D eigenvalue weighted by atomic mass is 9.97. The van der Waals surface area contributed by atoms with Crippen molar-refractivity contribution >= 4 is 12.0 Å². The molecule has 0 radical (unpaired) electrons. The summed E-state index contributed by atoms with van der Waals surface area (Å²) in [6.45, 7) is 14.8. The molecule has 1 fully saturated rings. The van der Waals surface area contributed by atoms with Gasteiger partial charge in [-0.25, -0.2) is 4.79 Å². The number of likely N-dealkylation sites (tertiary alicyclic amines) is 1. The van der Waals surface area contributed by atoms with Crippen molar-refractivity contribution in [1.29, 1.82) is 0 Å². The van der Waals surface area contributed by atoms with E-state index in [-0.39, 0.29) is 17.9 Å². The molecule has 0 bridgehead atoms. The first-order valence-electron chi connectivity index (χ1n) is 9.24. The molecule has 1 saturated heterocycles. The molecule has 0 aromatic heterocycles. The molecule has 6 nitrogen and oxygen atoms in total. The first-order chi connectivity index (χ1) is 11.3. The summed E-state index contributed by atoms with van der Waals surface area (Å²) in [7, 11) is 0. The highest BCUT2D eigenvalue weighted by atomic mass is 16.6. The summed E-state index contributed by atoms with van der Waals surface area (Å²) < 4.78 is 5.40. The summed E-state index contributed by atoms with van der Waals surface area (Å²) in [5.74, 6) is -0.0671. The highest BCUT2D eigenvalue weighted by molar-refractivity contribution is 5.80. The van der Waals surface area contributed by atoms with E-state index in [1.807, 2.05) is 20.8 Å². The van der Waals surface area contributed by atoms with Gasteiger partial charge in [0.1, 0.15) is 5.60 Å². The van der Waals surface area contributed by atoms with Gasteiger partial charge in [0, 0.05) is 19.6 Å². The van der Waals surface area contributed by atoms with Crippen LogP contribution in [0.4, 0.5) is 4.79 Å². The highest BCUT2D eigenvalue weighted by Gasteiger charge is 2.30. The summed E-state index contributed by atoms with van der Waals surface area (Å²) in [4.78, 5) is 28.5. The number of rotatable bonds is 7. The monoisotopic (exact) mass is 341 g/mol. The quantitative estimate of drug-likeness (QED) is 0.723. The molecule has 24 heavy (non-hydrogen) atoms. The minimum atomic E-state index is -0.503. The Morgan fingerprint density at radius 2 is 1.92 bits per heavy atom. The molecule has 1 atom stereocenters. The first-order valence-corrected chi connectivity index (χ1v) is 9.24. The lowest BCUT2D eigenvalue weighted by molar-refractivity contribution is -0.126. The van der Waals surface area contributed by atoms with E-state index in [1.165, 1.54) is 0 Å². The fourth-order valence-electron chi connectivity index (χ4n) is 2.88. The van der Waals surface area contributed by atoms with E-state index in [9.17, 15) is 9.59 Å². The van der Waals surface area contributed by atoms with Gasteiger partial charge in [-0.2, -0.15) is 0 Å². The first kappa shape index (κ1) is 20.7. The third kappa shape index (κ3) is 7.51. The number of piperidine rings is 1. The molecule has 0 aliphatic carbocycles. The molecule has 1 aliphatic heterocycles. The van der Waals surface area contributed by atoms with Crippen molar-refractivity contribution < 1.29 is 14.3 Å². The van der Waals surface area contributed by atoms with Crippen LogP contribution in [0.1, 0.15) is 53.9 Å². The van der Waals surface area contributed by atoms with Gasteiger partial charge in [0.25, 0.3) is 0 Å². The molecule has 0 aromatic carbocycles. The second-order valence-corrected chi connectivity index (χ2v) is 7.44. The normalized spacial score (nSPS) is 18.6. The molecule has 1 rings (SSSR count). The maximum absolute atomic E-state index is 12.3. The molecule has 2 amide bonds. The van der Waals surface area contributed by atoms with Crippen LogP contribution in [0.25, 0.3) is 0 Å². The van der Waals surface area contributed by atoms with Crippen molar-refractivity contribution in [3.05, 3.63) is 0 Å². The number of hydrogen-bond acceptors (Lipinski definition) is 4.